The minimum Gasteiger partial charge on any atom is -0.508 e. The second-order valence-corrected chi connectivity index (χ2v) is 13.4. The Morgan fingerprint density at radius 3 is 2.71 bits per heavy atom. The van der Waals surface area contributed by atoms with Gasteiger partial charge in [-0.2, -0.15) is 9.97 Å². The van der Waals surface area contributed by atoms with Crippen LogP contribution in [0.3, 0.4) is 0 Å². The number of aliphatic imine (C=N–C) groups is 1. The number of pyridine rings is 1. The summed E-state index contributed by atoms with van der Waals surface area (Å²) in [4.78, 5) is 35.5. The highest BCUT2D eigenvalue weighted by molar-refractivity contribution is 6.06. The lowest BCUT2D eigenvalue weighted by molar-refractivity contribution is -0.117. The van der Waals surface area contributed by atoms with E-state index in [4.69, 9.17) is 20.6 Å². The predicted octanol–water partition coefficient (Wildman–Crippen LogP) is 4.00. The van der Waals surface area contributed by atoms with Crippen LogP contribution in [0.4, 0.5) is 14.6 Å². The number of rotatable bonds is 10. The number of ether oxygens (including phenoxy) is 1. The Balaban J connectivity index is 1.34. The Labute approximate surface area is 294 Å². The second-order valence-electron chi connectivity index (χ2n) is 13.4. The monoisotopic (exact) mass is 700 g/mol. The third-order valence-corrected chi connectivity index (χ3v) is 10.2. The zero-order valence-electron chi connectivity index (χ0n) is 28.6. The number of nitrogens with zero attached hydrogens (tertiary/aromatic N) is 6. The first-order chi connectivity index (χ1) is 24.7. The number of halogens is 2. The van der Waals surface area contributed by atoms with Crippen LogP contribution in [0.2, 0.25) is 0 Å². The first-order valence-corrected chi connectivity index (χ1v) is 17.5. The summed E-state index contributed by atoms with van der Waals surface area (Å²) in [6, 6.07) is 5.84. The van der Waals surface area contributed by atoms with Crippen molar-refractivity contribution in [1.82, 2.24) is 25.2 Å². The molecule has 0 aliphatic carbocycles. The van der Waals surface area contributed by atoms with Crippen LogP contribution in [-0.2, 0) is 11.2 Å². The van der Waals surface area contributed by atoms with Gasteiger partial charge in [0.1, 0.15) is 35.2 Å². The highest BCUT2D eigenvalue weighted by Crippen LogP contribution is 2.41. The Kier molecular flexibility index (Phi) is 9.71. The van der Waals surface area contributed by atoms with E-state index in [1.165, 1.54) is 30.5 Å². The van der Waals surface area contributed by atoms with Crippen LogP contribution in [0, 0.1) is 11.6 Å². The summed E-state index contributed by atoms with van der Waals surface area (Å²) in [5.41, 5.74) is 6.95. The Morgan fingerprint density at radius 2 is 1.94 bits per heavy atom. The Bertz CT molecular complexity index is 2040. The number of aryl methyl sites for hydroxylation is 1. The third-order valence-electron chi connectivity index (χ3n) is 10.2. The highest BCUT2D eigenvalue weighted by Gasteiger charge is 2.45. The van der Waals surface area contributed by atoms with E-state index in [0.717, 1.165) is 38.8 Å². The van der Waals surface area contributed by atoms with Crippen LogP contribution < -0.4 is 20.7 Å². The van der Waals surface area contributed by atoms with Crippen LogP contribution in [0.1, 0.15) is 44.6 Å². The van der Waals surface area contributed by atoms with Crippen molar-refractivity contribution in [3.05, 3.63) is 59.4 Å². The zero-order chi connectivity index (χ0) is 35.7. The summed E-state index contributed by atoms with van der Waals surface area (Å²) in [7, 11) is 0. The lowest BCUT2D eigenvalue weighted by atomic mass is 9.94. The summed E-state index contributed by atoms with van der Waals surface area (Å²) in [5.74, 6) is -1.43. The number of aliphatic hydroxyl groups is 1. The molecule has 12 nitrogen and oxygen atoms in total. The molecule has 0 radical (unpaired) electrons. The standard InChI is InChI=1S/C37H42F2N8O4/c1-2-25-28(38)7-6-22-16-24(49)18-26(30(22)25)32-31(39)33-27(19-43-32)34(45-36(44-33)51-21-37-8-3-13-47(37)14-4-9-37)46-12-5-10-41-23(20-46)17-29(40)35(50)42-11-15-48/h6-7,16-19,48-49H,2-5,8-15,20-21,40H2,1H3,(H,42,50). The molecular formula is C37H42F2N8O4. The molecule has 5 N–H and O–H groups in total. The van der Waals surface area contributed by atoms with Gasteiger partial charge in [0.2, 0.25) is 0 Å². The number of aromatic nitrogens is 3. The summed E-state index contributed by atoms with van der Waals surface area (Å²) in [6.07, 6.45) is 8.15. The van der Waals surface area contributed by atoms with Gasteiger partial charge in [0.25, 0.3) is 5.91 Å². The van der Waals surface area contributed by atoms with Crippen LogP contribution in [0.15, 0.2) is 47.2 Å². The van der Waals surface area contributed by atoms with Crippen molar-refractivity contribution in [2.75, 3.05) is 57.4 Å². The molecule has 2 aromatic carbocycles. The van der Waals surface area contributed by atoms with Crippen molar-refractivity contribution in [1.29, 1.82) is 0 Å². The molecule has 0 spiro atoms. The topological polar surface area (TPSA) is 162 Å². The van der Waals surface area contributed by atoms with E-state index in [2.05, 4.69) is 25.2 Å². The van der Waals surface area contributed by atoms with Gasteiger partial charge < -0.3 is 30.9 Å². The third kappa shape index (κ3) is 6.65. The van der Waals surface area contributed by atoms with Gasteiger partial charge in [-0.1, -0.05) is 13.0 Å². The number of carbonyl (C=O) groups is 1. The van der Waals surface area contributed by atoms with Gasteiger partial charge in [0.05, 0.1) is 35.5 Å². The molecule has 4 aromatic rings. The number of aromatic hydroxyl groups is 1. The van der Waals surface area contributed by atoms with E-state index in [-0.39, 0.29) is 59.5 Å². The summed E-state index contributed by atoms with van der Waals surface area (Å²) in [5, 5.41) is 23.6. The molecule has 5 heterocycles. The number of fused-ring (bicyclic) bond motifs is 3. The van der Waals surface area contributed by atoms with Crippen molar-refractivity contribution < 1.29 is 28.5 Å². The maximum absolute atomic E-state index is 17.0. The number of nitrogens with two attached hydrogens (primary N) is 1. The molecule has 7 rings (SSSR count). The molecular weight excluding hydrogens is 658 g/mol. The molecule has 2 fully saturated rings. The first kappa shape index (κ1) is 34.5. The number of hydrogen-bond donors (Lipinski definition) is 4. The second kappa shape index (κ2) is 14.3. The van der Waals surface area contributed by atoms with Gasteiger partial charge in [-0.15, -0.1) is 0 Å². The molecule has 51 heavy (non-hydrogen) atoms. The number of benzene rings is 2. The molecule has 3 aliphatic heterocycles. The molecule has 1 amide bonds. The lowest BCUT2D eigenvalue weighted by Gasteiger charge is -2.31. The minimum absolute atomic E-state index is 0.0175. The minimum atomic E-state index is -0.755. The van der Waals surface area contributed by atoms with Crippen LogP contribution >= 0.6 is 0 Å². The average molecular weight is 701 g/mol. The molecule has 0 saturated carbocycles. The van der Waals surface area contributed by atoms with E-state index >= 15 is 8.78 Å². The van der Waals surface area contributed by atoms with E-state index < -0.39 is 17.5 Å². The van der Waals surface area contributed by atoms with Crippen molar-refractivity contribution in [3.63, 3.8) is 0 Å². The van der Waals surface area contributed by atoms with Crippen molar-refractivity contribution in [2.45, 2.75) is 51.0 Å². The number of hydrogen-bond acceptors (Lipinski definition) is 11. The predicted molar refractivity (Wildman–Crippen MR) is 191 cm³/mol. The quantitative estimate of drug-likeness (QED) is 0.178. The molecule has 3 aliphatic rings. The molecule has 2 aromatic heterocycles. The number of nitrogens with one attached hydrogen (secondary N) is 1. The number of carbonyl (C=O) groups excluding carboxylic acids is 1. The summed E-state index contributed by atoms with van der Waals surface area (Å²) in [6.45, 7) is 5.23. The summed E-state index contributed by atoms with van der Waals surface area (Å²) < 4.78 is 38.4. The Hall–Kier alpha value is -4.95. The highest BCUT2D eigenvalue weighted by atomic mass is 19.1. The number of phenols is 1. The van der Waals surface area contributed by atoms with Crippen molar-refractivity contribution in [3.8, 4) is 23.0 Å². The van der Waals surface area contributed by atoms with E-state index in [1.54, 1.807) is 6.07 Å². The van der Waals surface area contributed by atoms with Crippen molar-refractivity contribution >= 4 is 39.1 Å². The zero-order valence-corrected chi connectivity index (χ0v) is 28.6. The number of amides is 1. The van der Waals surface area contributed by atoms with Crippen LogP contribution in [-0.4, -0.2) is 99.7 Å². The van der Waals surface area contributed by atoms with E-state index in [0.29, 0.717) is 65.8 Å². The fraction of sp³-hybridized carbons (Fsp3) is 0.432. The maximum Gasteiger partial charge on any atom is 0.319 e. The molecule has 2 saturated heterocycles. The SMILES string of the molecule is CCc1c(F)ccc2cc(O)cc(-c3ncc4c(N5CCCN=C(C=C(N)C(=O)NCCO)C5)nc(OCC56CCCN5CCC6)nc4c3F)c12. The molecule has 0 unspecified atom stereocenters. The smallest absolute Gasteiger partial charge is 0.319 e. The molecule has 0 atom stereocenters. The van der Waals surface area contributed by atoms with Gasteiger partial charge in [-0.05, 0) is 92.2 Å². The van der Waals surface area contributed by atoms with Gasteiger partial charge >= 0.3 is 6.01 Å². The summed E-state index contributed by atoms with van der Waals surface area (Å²) >= 11 is 0. The lowest BCUT2D eigenvalue weighted by Crippen LogP contribution is -2.43. The maximum atomic E-state index is 17.0. The number of aliphatic hydroxyl groups excluding tert-OH is 1. The van der Waals surface area contributed by atoms with Crippen LogP contribution in [0.5, 0.6) is 11.8 Å². The number of anilines is 1. The normalized spacial score (nSPS) is 17.8. The van der Waals surface area contributed by atoms with Gasteiger partial charge in [0.15, 0.2) is 5.82 Å². The number of phenolic OH excluding ortho intramolecular Hbond substituents is 1. The largest absolute Gasteiger partial charge is 0.508 e. The molecule has 14 heteroatoms. The first-order valence-electron chi connectivity index (χ1n) is 17.5. The van der Waals surface area contributed by atoms with E-state index in [9.17, 15) is 9.90 Å². The average Bonchev–Trinajstić information content (AvgIpc) is 3.63. The molecule has 268 valence electrons. The van der Waals surface area contributed by atoms with Gasteiger partial charge in [-0.25, -0.2) is 8.78 Å². The molecule has 0 bridgehead atoms. The fourth-order valence-corrected chi connectivity index (χ4v) is 7.80. The van der Waals surface area contributed by atoms with Crippen molar-refractivity contribution in [2.24, 2.45) is 10.7 Å². The van der Waals surface area contributed by atoms with E-state index in [1.807, 2.05) is 11.8 Å². The van der Waals surface area contributed by atoms with Gasteiger partial charge in [-0.3, -0.25) is 19.7 Å². The van der Waals surface area contributed by atoms with Crippen LogP contribution in [0.25, 0.3) is 32.9 Å². The van der Waals surface area contributed by atoms with Gasteiger partial charge in [0, 0.05) is 31.4 Å². The Morgan fingerprint density at radius 1 is 1.14 bits per heavy atom. The fourth-order valence-electron chi connectivity index (χ4n) is 7.80.